The van der Waals surface area contributed by atoms with Gasteiger partial charge in [-0.25, -0.2) is 15.0 Å². The summed E-state index contributed by atoms with van der Waals surface area (Å²) in [5.74, 6) is 1.01. The van der Waals surface area contributed by atoms with Gasteiger partial charge >= 0.3 is 0 Å². The Bertz CT molecular complexity index is 390. The van der Waals surface area contributed by atoms with Crippen LogP contribution in [0.2, 0.25) is 0 Å². The van der Waals surface area contributed by atoms with Crippen molar-refractivity contribution in [2.24, 2.45) is 0 Å². The van der Waals surface area contributed by atoms with Gasteiger partial charge in [-0.1, -0.05) is 0 Å². The van der Waals surface area contributed by atoms with Crippen LogP contribution in [0.3, 0.4) is 0 Å². The van der Waals surface area contributed by atoms with E-state index in [1.165, 1.54) is 6.33 Å². The zero-order chi connectivity index (χ0) is 5.84. The predicted octanol–water partition coefficient (Wildman–Crippen LogP) is 0.291. The smallest absolute Gasteiger partial charge is 0.183 e. The molecule has 0 saturated carbocycles. The van der Waals surface area contributed by atoms with Crippen molar-refractivity contribution in [1.82, 2.24) is 25.7 Å². The van der Waals surface area contributed by atoms with Gasteiger partial charge in [0.25, 0.3) is 0 Å². The minimum Gasteiger partial charge on any atom is -0.344 e. The minimum absolute atomic E-state index is 0. The predicted molar refractivity (Wildman–Crippen MR) is 35.2 cm³/mol. The van der Waals surface area contributed by atoms with Crippen molar-refractivity contribution in [1.29, 1.82) is 0 Å². The summed E-state index contributed by atoms with van der Waals surface area (Å²) in [6.45, 7) is 0. The maximum Gasteiger partial charge on any atom is 0.183 e. The van der Waals surface area contributed by atoms with E-state index in [2.05, 4.69) is 15.0 Å². The first-order chi connectivity index (χ1) is 4.47. The molecule has 0 atom stereocenters. The Morgan fingerprint density at radius 2 is 2.10 bits per heavy atom. The van der Waals surface area contributed by atoms with Crippen molar-refractivity contribution in [3.63, 3.8) is 0 Å². The number of imidazole rings is 1. The first-order valence-corrected chi connectivity index (χ1v) is 2.65. The van der Waals surface area contributed by atoms with Crippen LogP contribution < -0.4 is 6.15 Å². The molecule has 0 spiro atoms. The highest BCUT2D eigenvalue weighted by atomic mass is 15.3. The van der Waals surface area contributed by atoms with Crippen LogP contribution in [0.4, 0.5) is 0 Å². The van der Waals surface area contributed by atoms with Gasteiger partial charge in [-0.05, 0) is 0 Å². The lowest BCUT2D eigenvalue weighted by Gasteiger charge is -1.78. The van der Waals surface area contributed by atoms with Crippen LogP contribution in [0, 0.1) is 0 Å². The Kier molecular flexibility index (Phi) is 0.702. The number of fused-ring (bicyclic) bond motifs is 1. The van der Waals surface area contributed by atoms with Crippen molar-refractivity contribution in [3.8, 4) is 5.82 Å². The summed E-state index contributed by atoms with van der Waals surface area (Å²) in [6, 6.07) is 0. The van der Waals surface area contributed by atoms with Crippen LogP contribution in [-0.4, -0.2) is 19.5 Å². The summed E-state index contributed by atoms with van der Waals surface area (Å²) in [7, 11) is 0. The van der Waals surface area contributed by atoms with Crippen molar-refractivity contribution in [3.05, 3.63) is 12.7 Å². The second-order valence-corrected chi connectivity index (χ2v) is 1.98. The molecule has 3 heterocycles. The Balaban J connectivity index is 0.000000403. The average molecular weight is 135 g/mol. The van der Waals surface area contributed by atoms with Crippen LogP contribution in [0.5, 0.6) is 0 Å². The van der Waals surface area contributed by atoms with Crippen molar-refractivity contribution in [2.75, 3.05) is 0 Å². The molecule has 0 aliphatic carbocycles. The highest BCUT2D eigenvalue weighted by Crippen LogP contribution is 2.30. The molecule has 3 rings (SSSR count). The number of aromatic nitrogens is 4. The first kappa shape index (κ1) is 5.31. The van der Waals surface area contributed by atoms with Crippen LogP contribution in [0.15, 0.2) is 12.7 Å². The summed E-state index contributed by atoms with van der Waals surface area (Å²) in [4.78, 5) is 11.9. The second kappa shape index (κ2) is 1.32. The lowest BCUT2D eigenvalue weighted by molar-refractivity contribution is 1.10. The van der Waals surface area contributed by atoms with Crippen molar-refractivity contribution < 1.29 is 0 Å². The van der Waals surface area contributed by atoms with E-state index in [1.54, 1.807) is 6.33 Å². The fraction of sp³-hybridized carbons (Fsp3) is 0. The molecule has 2 aromatic heterocycles. The molecule has 0 aromatic carbocycles. The molecule has 5 heteroatoms. The quantitative estimate of drug-likeness (QED) is 0.480. The molecule has 0 bridgehead atoms. The van der Waals surface area contributed by atoms with Gasteiger partial charge in [0.15, 0.2) is 11.5 Å². The monoisotopic (exact) mass is 135 g/mol. The lowest BCUT2D eigenvalue weighted by atomic mass is 10.6. The largest absolute Gasteiger partial charge is 0.344 e. The highest BCUT2D eigenvalue weighted by Gasteiger charge is 2.23. The Labute approximate surface area is 56.3 Å². The summed E-state index contributed by atoms with van der Waals surface area (Å²) in [5, 5.41) is 0. The molecule has 0 unspecified atom stereocenters. The second-order valence-electron chi connectivity index (χ2n) is 1.98. The zero-order valence-electron chi connectivity index (χ0n) is 5.15. The van der Waals surface area contributed by atoms with Crippen molar-refractivity contribution >= 4 is 11.2 Å². The molecule has 5 nitrogen and oxygen atoms in total. The van der Waals surface area contributed by atoms with E-state index >= 15 is 0 Å². The molecule has 50 valence electrons. The summed E-state index contributed by atoms with van der Waals surface area (Å²) < 4.78 is 1.92. The van der Waals surface area contributed by atoms with E-state index < -0.39 is 0 Å². The van der Waals surface area contributed by atoms with Crippen LogP contribution in [0.1, 0.15) is 0 Å². The topological polar surface area (TPSA) is 78.6 Å². The summed E-state index contributed by atoms with van der Waals surface area (Å²) in [6.07, 6.45) is 3.27. The summed E-state index contributed by atoms with van der Waals surface area (Å²) in [5.41, 5.74) is 1.89. The van der Waals surface area contributed by atoms with Crippen LogP contribution in [0.25, 0.3) is 17.0 Å². The zero-order valence-corrected chi connectivity index (χ0v) is 5.15. The Morgan fingerprint density at radius 3 is 2.80 bits per heavy atom. The van der Waals surface area contributed by atoms with E-state index in [-0.39, 0.29) is 6.15 Å². The molecule has 1 aliphatic rings. The summed E-state index contributed by atoms with van der Waals surface area (Å²) >= 11 is 0. The normalized spacial score (nSPS) is 11.2. The fourth-order valence-corrected chi connectivity index (χ4v) is 1.02. The van der Waals surface area contributed by atoms with Gasteiger partial charge in [-0.15, -0.1) is 0 Å². The van der Waals surface area contributed by atoms with Gasteiger partial charge in [0.05, 0.1) is 0 Å². The third-order valence-electron chi connectivity index (χ3n) is 1.50. The third-order valence-corrected chi connectivity index (χ3v) is 1.50. The van der Waals surface area contributed by atoms with Crippen LogP contribution >= 0.6 is 0 Å². The van der Waals surface area contributed by atoms with E-state index in [1.807, 2.05) is 4.57 Å². The SMILES string of the molecule is N.c1nc2c3c(n1)ncn3-2. The van der Waals surface area contributed by atoms with Gasteiger partial charge < -0.3 is 6.15 Å². The molecule has 0 saturated heterocycles. The molecular weight excluding hydrogens is 130 g/mol. The van der Waals surface area contributed by atoms with E-state index in [0.29, 0.717) is 0 Å². The van der Waals surface area contributed by atoms with E-state index in [0.717, 1.165) is 17.0 Å². The number of rotatable bonds is 0. The molecule has 10 heavy (non-hydrogen) atoms. The fourth-order valence-electron chi connectivity index (χ4n) is 1.02. The van der Waals surface area contributed by atoms with Crippen LogP contribution in [-0.2, 0) is 0 Å². The van der Waals surface area contributed by atoms with Crippen molar-refractivity contribution in [2.45, 2.75) is 0 Å². The molecule has 0 amide bonds. The van der Waals surface area contributed by atoms with Gasteiger partial charge in [0.2, 0.25) is 0 Å². The number of hydrogen-bond donors (Lipinski definition) is 1. The van der Waals surface area contributed by atoms with Gasteiger partial charge in [-0.2, -0.15) is 0 Å². The molecule has 0 radical (unpaired) electrons. The van der Waals surface area contributed by atoms with Gasteiger partial charge in [0, 0.05) is 0 Å². The first-order valence-electron chi connectivity index (χ1n) is 2.65. The maximum atomic E-state index is 3.99. The number of hydrogen-bond acceptors (Lipinski definition) is 4. The highest BCUT2D eigenvalue weighted by molar-refractivity contribution is 5.91. The van der Waals surface area contributed by atoms with E-state index in [4.69, 9.17) is 0 Å². The van der Waals surface area contributed by atoms with Gasteiger partial charge in [0.1, 0.15) is 18.2 Å². The Morgan fingerprint density at radius 1 is 1.20 bits per heavy atom. The molecule has 1 aliphatic heterocycles. The number of nitrogens with zero attached hydrogens (tertiary/aromatic N) is 4. The molecule has 2 aromatic rings. The lowest BCUT2D eigenvalue weighted by Crippen LogP contribution is -1.78. The maximum absolute atomic E-state index is 3.99. The third kappa shape index (κ3) is 0.358. The van der Waals surface area contributed by atoms with Gasteiger partial charge in [-0.3, -0.25) is 4.57 Å². The van der Waals surface area contributed by atoms with E-state index in [9.17, 15) is 0 Å². The molecule has 3 N–H and O–H groups in total. The molecule has 0 fully saturated rings. The Hall–Kier alpha value is -1.49. The molecular formula is C5H5N5. The minimum atomic E-state index is 0. The average Bonchev–Trinajstić information content (AvgIpc) is 2.35. The standard InChI is InChI=1S/C5H2N4.H3N/c1-6-4-3-5(7-1)9(3)2-8-4;/h1-2H;1H3.